The Morgan fingerprint density at radius 3 is 2.21 bits per heavy atom. The van der Waals surface area contributed by atoms with E-state index in [0.29, 0.717) is 32.4 Å². The highest BCUT2D eigenvalue weighted by atomic mass is 16.5. The second-order valence-corrected chi connectivity index (χ2v) is 4.85. The van der Waals surface area contributed by atoms with E-state index in [1.165, 1.54) is 12.0 Å². The standard InChI is InChI=1S/C12H18N2O5/c1-19-11(16)9-5-3-6-13(9)10(15)8-4-2-7-14(8)12(17)18/h8-9H,2-7H2,1H3,(H,17,18). The zero-order chi connectivity index (χ0) is 14.0. The second kappa shape index (κ2) is 5.46. The number of amides is 2. The van der Waals surface area contributed by atoms with Gasteiger partial charge in [0.2, 0.25) is 5.91 Å². The third-order valence-corrected chi connectivity index (χ3v) is 3.79. The molecule has 0 aliphatic carbocycles. The minimum absolute atomic E-state index is 0.271. The lowest BCUT2D eigenvalue weighted by molar-refractivity contribution is -0.152. The van der Waals surface area contributed by atoms with Crippen LogP contribution in [-0.2, 0) is 14.3 Å². The van der Waals surface area contributed by atoms with Crippen LogP contribution in [0, 0.1) is 0 Å². The van der Waals surface area contributed by atoms with E-state index in [9.17, 15) is 14.4 Å². The monoisotopic (exact) mass is 270 g/mol. The molecule has 2 aliphatic heterocycles. The highest BCUT2D eigenvalue weighted by molar-refractivity contribution is 5.90. The Labute approximate surface area is 111 Å². The highest BCUT2D eigenvalue weighted by Crippen LogP contribution is 2.25. The maximum atomic E-state index is 12.4. The third kappa shape index (κ3) is 2.50. The average molecular weight is 270 g/mol. The number of rotatable bonds is 2. The van der Waals surface area contributed by atoms with Crippen molar-refractivity contribution in [1.29, 1.82) is 0 Å². The molecule has 2 aliphatic rings. The molecule has 2 unspecified atom stereocenters. The van der Waals surface area contributed by atoms with Crippen LogP contribution in [0.1, 0.15) is 25.7 Å². The first-order valence-corrected chi connectivity index (χ1v) is 6.44. The van der Waals surface area contributed by atoms with Gasteiger partial charge >= 0.3 is 12.1 Å². The van der Waals surface area contributed by atoms with Crippen LogP contribution in [0.15, 0.2) is 0 Å². The number of carbonyl (C=O) groups excluding carboxylic acids is 2. The van der Waals surface area contributed by atoms with Gasteiger partial charge in [0.15, 0.2) is 0 Å². The van der Waals surface area contributed by atoms with Crippen molar-refractivity contribution < 1.29 is 24.2 Å². The molecule has 2 atom stereocenters. The lowest BCUT2D eigenvalue weighted by Gasteiger charge is -2.29. The zero-order valence-corrected chi connectivity index (χ0v) is 10.9. The van der Waals surface area contributed by atoms with Gasteiger partial charge in [0.25, 0.3) is 0 Å². The predicted molar refractivity (Wildman–Crippen MR) is 64.5 cm³/mol. The van der Waals surface area contributed by atoms with Gasteiger partial charge in [0.1, 0.15) is 12.1 Å². The predicted octanol–water partition coefficient (Wildman–Crippen LogP) is 0.293. The van der Waals surface area contributed by atoms with Crippen LogP contribution in [0.4, 0.5) is 4.79 Å². The highest BCUT2D eigenvalue weighted by Gasteiger charge is 2.42. The molecule has 2 amide bonds. The summed E-state index contributed by atoms with van der Waals surface area (Å²) in [5.74, 6) is -0.696. The van der Waals surface area contributed by atoms with Gasteiger partial charge in [-0.1, -0.05) is 0 Å². The number of hydrogen-bond acceptors (Lipinski definition) is 4. The van der Waals surface area contributed by atoms with Crippen LogP contribution in [0.5, 0.6) is 0 Å². The topological polar surface area (TPSA) is 87.2 Å². The number of methoxy groups -OCH3 is 1. The van der Waals surface area contributed by atoms with Crippen LogP contribution in [0.3, 0.4) is 0 Å². The number of nitrogens with zero attached hydrogens (tertiary/aromatic N) is 2. The van der Waals surface area contributed by atoms with Crippen molar-refractivity contribution in [3.63, 3.8) is 0 Å². The summed E-state index contributed by atoms with van der Waals surface area (Å²) in [6, 6.07) is -1.21. The van der Waals surface area contributed by atoms with E-state index in [1.807, 2.05) is 0 Å². The molecule has 0 aromatic heterocycles. The number of esters is 1. The maximum absolute atomic E-state index is 12.4. The molecule has 0 bridgehead atoms. The first kappa shape index (κ1) is 13.6. The summed E-state index contributed by atoms with van der Waals surface area (Å²) >= 11 is 0. The molecule has 2 heterocycles. The summed E-state index contributed by atoms with van der Waals surface area (Å²) in [5.41, 5.74) is 0. The number of ether oxygens (including phenoxy) is 1. The second-order valence-electron chi connectivity index (χ2n) is 4.85. The maximum Gasteiger partial charge on any atom is 0.407 e. The van der Waals surface area contributed by atoms with Gasteiger partial charge in [-0.15, -0.1) is 0 Å². The molecule has 0 aromatic carbocycles. The van der Waals surface area contributed by atoms with Crippen molar-refractivity contribution >= 4 is 18.0 Å². The minimum Gasteiger partial charge on any atom is -0.467 e. The molecule has 0 aromatic rings. The van der Waals surface area contributed by atoms with Crippen molar-refractivity contribution in [2.45, 2.75) is 37.8 Å². The number of hydrogen-bond donors (Lipinski definition) is 1. The van der Waals surface area contributed by atoms with Gasteiger partial charge in [-0.05, 0) is 25.7 Å². The van der Waals surface area contributed by atoms with Gasteiger partial charge in [0, 0.05) is 13.1 Å². The molecule has 106 valence electrons. The first-order valence-electron chi connectivity index (χ1n) is 6.44. The molecule has 0 saturated carbocycles. The molecule has 7 nitrogen and oxygen atoms in total. The SMILES string of the molecule is COC(=O)C1CCCN1C(=O)C1CCCN1C(=O)O. The van der Waals surface area contributed by atoms with Crippen molar-refractivity contribution in [1.82, 2.24) is 9.80 Å². The summed E-state index contributed by atoms with van der Waals surface area (Å²) in [5, 5.41) is 9.06. The van der Waals surface area contributed by atoms with Crippen LogP contribution in [0.25, 0.3) is 0 Å². The molecule has 0 radical (unpaired) electrons. The summed E-state index contributed by atoms with van der Waals surface area (Å²) < 4.78 is 4.69. The van der Waals surface area contributed by atoms with E-state index in [0.717, 1.165) is 11.3 Å². The fourth-order valence-electron chi connectivity index (χ4n) is 2.86. The Balaban J connectivity index is 2.10. The van der Waals surface area contributed by atoms with Gasteiger partial charge in [-0.25, -0.2) is 9.59 Å². The van der Waals surface area contributed by atoms with E-state index in [-0.39, 0.29) is 5.91 Å². The lowest BCUT2D eigenvalue weighted by atomic mass is 10.1. The zero-order valence-electron chi connectivity index (χ0n) is 10.9. The van der Waals surface area contributed by atoms with E-state index in [4.69, 9.17) is 5.11 Å². The summed E-state index contributed by atoms with van der Waals surface area (Å²) in [6.45, 7) is 0.866. The van der Waals surface area contributed by atoms with E-state index in [2.05, 4.69) is 4.74 Å². The Morgan fingerprint density at radius 2 is 1.63 bits per heavy atom. The number of likely N-dealkylation sites (tertiary alicyclic amines) is 2. The van der Waals surface area contributed by atoms with Crippen LogP contribution < -0.4 is 0 Å². The Kier molecular flexibility index (Phi) is 3.92. The van der Waals surface area contributed by atoms with Crippen molar-refractivity contribution in [3.05, 3.63) is 0 Å². The van der Waals surface area contributed by atoms with Gasteiger partial charge < -0.3 is 14.7 Å². The molecule has 0 spiro atoms. The quantitative estimate of drug-likeness (QED) is 0.729. The summed E-state index contributed by atoms with van der Waals surface area (Å²) in [4.78, 5) is 37.7. The lowest BCUT2D eigenvalue weighted by Crippen LogP contribution is -2.50. The molecular weight excluding hydrogens is 252 g/mol. The Hall–Kier alpha value is -1.79. The average Bonchev–Trinajstić information content (AvgIpc) is 3.05. The number of carboxylic acid groups (broad SMARTS) is 1. The molecular formula is C12H18N2O5. The first-order chi connectivity index (χ1) is 9.06. The van der Waals surface area contributed by atoms with Crippen LogP contribution in [-0.4, -0.2) is 65.2 Å². The largest absolute Gasteiger partial charge is 0.467 e. The minimum atomic E-state index is -1.08. The molecule has 19 heavy (non-hydrogen) atoms. The van der Waals surface area contributed by atoms with Gasteiger partial charge in [-0.2, -0.15) is 0 Å². The smallest absolute Gasteiger partial charge is 0.407 e. The Morgan fingerprint density at radius 1 is 1.05 bits per heavy atom. The van der Waals surface area contributed by atoms with Gasteiger partial charge in [0.05, 0.1) is 7.11 Å². The van der Waals surface area contributed by atoms with E-state index < -0.39 is 24.1 Å². The molecule has 7 heteroatoms. The molecule has 1 N–H and O–H groups in total. The fourth-order valence-corrected chi connectivity index (χ4v) is 2.86. The van der Waals surface area contributed by atoms with Gasteiger partial charge in [-0.3, -0.25) is 9.69 Å². The molecule has 2 saturated heterocycles. The number of carbonyl (C=O) groups is 3. The van der Waals surface area contributed by atoms with Crippen LogP contribution >= 0.6 is 0 Å². The molecule has 2 rings (SSSR count). The third-order valence-electron chi connectivity index (χ3n) is 3.79. The van der Waals surface area contributed by atoms with Crippen LogP contribution in [0.2, 0.25) is 0 Å². The van der Waals surface area contributed by atoms with E-state index >= 15 is 0 Å². The Bertz CT molecular complexity index is 398. The molecule has 2 fully saturated rings. The normalized spacial score (nSPS) is 26.6. The van der Waals surface area contributed by atoms with Crippen molar-refractivity contribution in [2.24, 2.45) is 0 Å². The summed E-state index contributed by atoms with van der Waals surface area (Å²) in [6.07, 6.45) is 1.45. The fraction of sp³-hybridized carbons (Fsp3) is 0.750. The van der Waals surface area contributed by atoms with Crippen molar-refractivity contribution in [2.75, 3.05) is 20.2 Å². The summed E-state index contributed by atoms with van der Waals surface area (Å²) in [7, 11) is 1.29. The van der Waals surface area contributed by atoms with E-state index in [1.54, 1.807) is 0 Å². The van der Waals surface area contributed by atoms with Crippen molar-refractivity contribution in [3.8, 4) is 0 Å².